The number of methoxy groups -OCH3 is 1. The Morgan fingerprint density at radius 1 is 0.610 bits per heavy atom. The first-order valence-electron chi connectivity index (χ1n) is 12.6. The molecule has 6 rings (SSSR count). The van der Waals surface area contributed by atoms with Gasteiger partial charge in [-0.15, -0.1) is 0 Å². The van der Waals surface area contributed by atoms with Gasteiger partial charge in [0.1, 0.15) is 0 Å². The van der Waals surface area contributed by atoms with E-state index in [0.717, 1.165) is 44.6 Å². The number of carbonyl (C=O) groups excluding carboxylic acids is 1. The van der Waals surface area contributed by atoms with E-state index in [1.54, 1.807) is 0 Å². The second kappa shape index (κ2) is 13.5. The van der Waals surface area contributed by atoms with Crippen molar-refractivity contribution in [1.29, 1.82) is 0 Å². The van der Waals surface area contributed by atoms with Crippen molar-refractivity contribution in [1.82, 2.24) is 9.13 Å². The van der Waals surface area contributed by atoms with E-state index in [2.05, 4.69) is 4.57 Å². The number of fused-ring (bicyclic) bond motifs is 2. The van der Waals surface area contributed by atoms with Crippen LogP contribution in [0.2, 0.25) is 0 Å². The summed E-state index contributed by atoms with van der Waals surface area (Å²) in [5, 5.41) is 11.1. The maximum atomic E-state index is 12.1. The van der Waals surface area contributed by atoms with Crippen LogP contribution in [0.5, 0.6) is 0 Å². The fourth-order valence-electron chi connectivity index (χ4n) is 5.18. The first kappa shape index (κ1) is 31.4. The molecule has 0 atom stereocenters. The molecule has 4 aromatic carbocycles. The van der Waals surface area contributed by atoms with Crippen molar-refractivity contribution in [3.8, 4) is 11.4 Å². The molecule has 0 aliphatic carbocycles. The number of hydrogen-bond donors (Lipinski definition) is 1. The molecule has 202 valence electrons. The summed E-state index contributed by atoms with van der Waals surface area (Å²) in [4.78, 5) is 23.5. The SMILES string of the molecule is COC(=O)c1c(C)n(-c2ccccc2)c2ccccc12.Cc1c(C(=O)O)c2ccccc2n1-c1ccccc1.[Na+].[OH-]. The van der Waals surface area contributed by atoms with Gasteiger partial charge >= 0.3 is 41.5 Å². The van der Waals surface area contributed by atoms with Gasteiger partial charge in [-0.1, -0.05) is 72.8 Å². The minimum Gasteiger partial charge on any atom is -0.870 e. The predicted molar refractivity (Wildman–Crippen MR) is 156 cm³/mol. The standard InChI is InChI=1S/C17H15NO2.C16H13NO2.Na.H2O/c1-12-16(17(19)20-2)14-10-6-7-11-15(14)18(12)13-8-4-3-5-9-13;1-11-15(16(18)19)13-9-5-6-10-14(13)17(11)12-7-3-2-4-8-12;;/h3-11H,1-2H3;2-10H,1H3,(H,18,19);;1H2/q;;+1;/p-1. The number of para-hydroxylation sites is 4. The van der Waals surface area contributed by atoms with E-state index in [1.807, 2.05) is 128 Å². The minimum atomic E-state index is -0.886. The van der Waals surface area contributed by atoms with Crippen LogP contribution in [0, 0.1) is 13.8 Å². The topological polar surface area (TPSA) is 103 Å². The maximum absolute atomic E-state index is 12.1. The molecule has 0 unspecified atom stereocenters. The Morgan fingerprint density at radius 2 is 0.976 bits per heavy atom. The Kier molecular flexibility index (Phi) is 10.3. The van der Waals surface area contributed by atoms with Gasteiger partial charge in [-0.2, -0.15) is 0 Å². The molecule has 41 heavy (non-hydrogen) atoms. The maximum Gasteiger partial charge on any atom is 1.00 e. The molecule has 7 nitrogen and oxygen atoms in total. The Balaban J connectivity index is 0.000000215. The van der Waals surface area contributed by atoms with Gasteiger partial charge in [0.15, 0.2) is 0 Å². The van der Waals surface area contributed by atoms with Gasteiger partial charge in [0.2, 0.25) is 0 Å². The number of aromatic nitrogens is 2. The van der Waals surface area contributed by atoms with E-state index in [1.165, 1.54) is 7.11 Å². The second-order valence-corrected chi connectivity index (χ2v) is 9.09. The first-order valence-corrected chi connectivity index (χ1v) is 12.6. The van der Waals surface area contributed by atoms with Gasteiger partial charge in [0.05, 0.1) is 29.3 Å². The van der Waals surface area contributed by atoms with Crippen LogP contribution in [0.25, 0.3) is 33.2 Å². The van der Waals surface area contributed by atoms with E-state index < -0.39 is 5.97 Å². The normalized spacial score (nSPS) is 10.2. The third-order valence-electron chi connectivity index (χ3n) is 6.86. The van der Waals surface area contributed by atoms with Gasteiger partial charge < -0.3 is 24.5 Å². The van der Waals surface area contributed by atoms with Gasteiger partial charge in [0.25, 0.3) is 0 Å². The van der Waals surface area contributed by atoms with E-state index in [0.29, 0.717) is 11.1 Å². The smallest absolute Gasteiger partial charge is 0.870 e. The molecule has 2 N–H and O–H groups in total. The Hall–Kier alpha value is -4.14. The van der Waals surface area contributed by atoms with Crippen molar-refractivity contribution >= 4 is 33.7 Å². The quantitative estimate of drug-likeness (QED) is 0.259. The van der Waals surface area contributed by atoms with E-state index in [-0.39, 0.29) is 41.0 Å². The Labute approximate surface area is 260 Å². The van der Waals surface area contributed by atoms with Crippen LogP contribution in [-0.2, 0) is 4.74 Å². The number of aromatic carboxylic acids is 1. The molecule has 0 saturated carbocycles. The van der Waals surface area contributed by atoms with Crippen molar-refractivity contribution in [2.45, 2.75) is 13.8 Å². The summed E-state index contributed by atoms with van der Waals surface area (Å²) in [6, 6.07) is 35.3. The Bertz CT molecular complexity index is 1810. The third-order valence-corrected chi connectivity index (χ3v) is 6.86. The molecule has 8 heteroatoms. The fraction of sp³-hybridized carbons (Fsp3) is 0.0909. The number of hydrogen-bond acceptors (Lipinski definition) is 4. The number of rotatable bonds is 4. The molecule has 0 bridgehead atoms. The zero-order valence-electron chi connectivity index (χ0n) is 23.4. The van der Waals surface area contributed by atoms with Crippen molar-refractivity contribution in [3.63, 3.8) is 0 Å². The third kappa shape index (κ3) is 5.85. The molecule has 2 heterocycles. The predicted octanol–water partition coefficient (Wildman–Crippen LogP) is 4.19. The van der Waals surface area contributed by atoms with Crippen molar-refractivity contribution in [2.24, 2.45) is 0 Å². The molecular weight excluding hydrogens is 527 g/mol. The van der Waals surface area contributed by atoms with E-state index >= 15 is 0 Å². The second-order valence-electron chi connectivity index (χ2n) is 9.09. The number of carboxylic acids is 1. The van der Waals surface area contributed by atoms with E-state index in [9.17, 15) is 14.7 Å². The van der Waals surface area contributed by atoms with Gasteiger partial charge in [0, 0.05) is 33.5 Å². The number of nitrogens with zero attached hydrogens (tertiary/aromatic N) is 2. The zero-order valence-corrected chi connectivity index (χ0v) is 25.4. The number of carbonyl (C=O) groups is 2. The molecule has 0 aliphatic rings. The largest absolute Gasteiger partial charge is 1.00 e. The summed E-state index contributed by atoms with van der Waals surface area (Å²) in [5.74, 6) is -1.18. The van der Waals surface area contributed by atoms with Crippen LogP contribution < -0.4 is 29.6 Å². The molecule has 6 aromatic rings. The van der Waals surface area contributed by atoms with Crippen molar-refractivity contribution in [3.05, 3.63) is 132 Å². The minimum absolute atomic E-state index is 0. The fourth-order valence-corrected chi connectivity index (χ4v) is 5.18. The molecule has 0 radical (unpaired) electrons. The summed E-state index contributed by atoms with van der Waals surface area (Å²) < 4.78 is 8.99. The molecule has 0 saturated heterocycles. The van der Waals surface area contributed by atoms with Gasteiger partial charge in [-0.25, -0.2) is 9.59 Å². The average molecular weight is 557 g/mol. The number of esters is 1. The van der Waals surface area contributed by atoms with Crippen molar-refractivity contribution < 1.29 is 54.5 Å². The van der Waals surface area contributed by atoms with Gasteiger partial charge in [-0.05, 0) is 50.2 Å². The van der Waals surface area contributed by atoms with Crippen molar-refractivity contribution in [2.75, 3.05) is 7.11 Å². The van der Waals surface area contributed by atoms with Crippen LogP contribution in [0.15, 0.2) is 109 Å². The average Bonchev–Trinajstić information content (AvgIpc) is 3.43. The molecule has 0 fully saturated rings. The van der Waals surface area contributed by atoms with Crippen LogP contribution in [0.4, 0.5) is 0 Å². The van der Waals surface area contributed by atoms with Crippen LogP contribution in [0.1, 0.15) is 32.1 Å². The number of ether oxygens (including phenoxy) is 1. The summed E-state index contributed by atoms with van der Waals surface area (Å²) in [7, 11) is 1.41. The number of benzene rings is 4. The first-order chi connectivity index (χ1) is 18.9. The van der Waals surface area contributed by atoms with Crippen LogP contribution in [0.3, 0.4) is 0 Å². The zero-order chi connectivity index (χ0) is 27.5. The molecule has 2 aromatic heterocycles. The summed E-state index contributed by atoms with van der Waals surface area (Å²) in [6.45, 7) is 3.79. The monoisotopic (exact) mass is 556 g/mol. The molecule has 0 amide bonds. The van der Waals surface area contributed by atoms with Gasteiger partial charge in [-0.3, -0.25) is 0 Å². The molecular formula is C33H29N2NaO5. The summed E-state index contributed by atoms with van der Waals surface area (Å²) >= 11 is 0. The van der Waals surface area contributed by atoms with Crippen LogP contribution in [-0.4, -0.2) is 38.8 Å². The summed E-state index contributed by atoms with van der Waals surface area (Å²) in [5.41, 5.74) is 6.59. The number of carboxylic acid groups (broad SMARTS) is 1. The molecule has 0 spiro atoms. The molecule has 0 aliphatic heterocycles. The Morgan fingerprint density at radius 3 is 1.39 bits per heavy atom. The van der Waals surface area contributed by atoms with E-state index in [4.69, 9.17) is 4.74 Å². The summed E-state index contributed by atoms with van der Waals surface area (Å²) in [6.07, 6.45) is 0. The van der Waals surface area contributed by atoms with Crippen LogP contribution >= 0.6 is 0 Å².